The molecule has 0 fully saturated rings. The minimum atomic E-state index is 0. The summed E-state index contributed by atoms with van der Waals surface area (Å²) in [6, 6.07) is 11.7. The van der Waals surface area contributed by atoms with E-state index in [0.717, 1.165) is 0 Å². The third kappa shape index (κ3) is 3.73. The zero-order chi connectivity index (χ0) is 5.82. The van der Waals surface area contributed by atoms with Gasteiger partial charge in [0.25, 0.3) is 0 Å². The Kier molecular flexibility index (Phi) is 8.56. The normalized spacial score (nSPS) is 6.30. The smallest absolute Gasteiger partial charge is 1.00 e. The van der Waals surface area contributed by atoms with Gasteiger partial charge < -0.3 is 12.4 Å². The summed E-state index contributed by atoms with van der Waals surface area (Å²) in [7, 11) is 0. The Hall–Kier alpha value is -0.234. The molecule has 0 heterocycles. The summed E-state index contributed by atoms with van der Waals surface area (Å²) in [6.45, 7) is 0. The molecule has 10 heavy (non-hydrogen) atoms. The zero-order valence-corrected chi connectivity index (χ0v) is 7.51. The van der Waals surface area contributed by atoms with Crippen LogP contribution in [0.4, 0.5) is 0 Å². The van der Waals surface area contributed by atoms with Crippen molar-refractivity contribution in [1.82, 2.24) is 0 Å². The number of nitriles is 1. The van der Waals surface area contributed by atoms with Crippen molar-refractivity contribution < 1.29 is 12.4 Å². The van der Waals surface area contributed by atoms with Gasteiger partial charge in [0.15, 0.2) is 0 Å². The van der Waals surface area contributed by atoms with Crippen LogP contribution in [0.2, 0.25) is 0 Å². The topological polar surface area (TPSA) is 23.8 Å². The molecule has 0 atom stereocenters. The van der Waals surface area contributed by atoms with Gasteiger partial charge in [0.05, 0.1) is 6.07 Å². The number of halogens is 1. The quantitative estimate of drug-likeness (QED) is 0.319. The molecule has 0 amide bonds. The second kappa shape index (κ2) is 6.88. The number of hydrogen-bond donors (Lipinski definition) is 0. The minimum Gasteiger partial charge on any atom is -1.00 e. The van der Waals surface area contributed by atoms with Crippen LogP contribution in [0.1, 0.15) is 5.56 Å². The molecule has 46 valence electrons. The van der Waals surface area contributed by atoms with E-state index in [1.165, 1.54) is 0 Å². The van der Waals surface area contributed by atoms with Gasteiger partial charge >= 0.3 is 23.1 Å². The van der Waals surface area contributed by atoms with Crippen LogP contribution in [-0.4, -0.2) is 23.1 Å². The number of nitrogens with zero attached hydrogens (tertiary/aromatic N) is 1. The molecular weight excluding hydrogens is 158 g/mol. The van der Waals surface area contributed by atoms with Crippen LogP contribution in [0.3, 0.4) is 0 Å². The molecule has 0 aromatic heterocycles. The predicted octanol–water partition coefficient (Wildman–Crippen LogP) is -2.02. The second-order valence-corrected chi connectivity index (χ2v) is 1.40. The number of hydrogen-bond acceptors (Lipinski definition) is 1. The Bertz CT molecular complexity index is 205. The van der Waals surface area contributed by atoms with E-state index in [4.69, 9.17) is 5.26 Å². The Morgan fingerprint density at radius 1 is 1.30 bits per heavy atom. The van der Waals surface area contributed by atoms with Crippen molar-refractivity contribution in [1.29, 1.82) is 5.26 Å². The summed E-state index contributed by atoms with van der Waals surface area (Å²) in [5.41, 5.74) is 0.684. The first kappa shape index (κ1) is 12.4. The second-order valence-electron chi connectivity index (χ2n) is 1.40. The maximum atomic E-state index is 8.27. The summed E-state index contributed by atoms with van der Waals surface area (Å²) >= 11 is 0. The van der Waals surface area contributed by atoms with Crippen molar-refractivity contribution in [3.05, 3.63) is 35.9 Å². The fourth-order valence-corrected chi connectivity index (χ4v) is 0.461. The van der Waals surface area contributed by atoms with E-state index in [-0.39, 0.29) is 35.5 Å². The molecule has 0 unspecified atom stereocenters. The first-order valence-corrected chi connectivity index (χ1v) is 2.29. The molecule has 0 N–H and O–H groups in total. The molecule has 0 radical (unpaired) electrons. The molecule has 1 aromatic carbocycles. The predicted molar refractivity (Wildman–Crippen MR) is 35.7 cm³/mol. The molecule has 1 nitrogen and oxygen atoms in total. The standard InChI is InChI=1S/C7H4N.ClH.Mg/c8-6-7-4-2-1-3-5-7;;/h2-5H;1H;/q-1;;+2/p-1. The maximum Gasteiger partial charge on any atom is 2.00 e. The van der Waals surface area contributed by atoms with Gasteiger partial charge in [-0.15, -0.1) is 0 Å². The molecule has 0 bridgehead atoms. The van der Waals surface area contributed by atoms with E-state index in [0.29, 0.717) is 5.56 Å². The Morgan fingerprint density at radius 3 is 2.10 bits per heavy atom. The molecule has 0 aliphatic rings. The van der Waals surface area contributed by atoms with Crippen molar-refractivity contribution in [2.24, 2.45) is 0 Å². The average Bonchev–Trinajstić information content (AvgIpc) is 1.90. The van der Waals surface area contributed by atoms with Gasteiger partial charge in [-0.1, -0.05) is 5.56 Å². The van der Waals surface area contributed by atoms with Crippen LogP contribution in [0.5, 0.6) is 0 Å². The van der Waals surface area contributed by atoms with Crippen LogP contribution in [0.25, 0.3) is 0 Å². The molecule has 0 aliphatic heterocycles. The first-order chi connectivity index (χ1) is 3.93. The fourth-order valence-electron chi connectivity index (χ4n) is 0.461. The van der Waals surface area contributed by atoms with E-state index in [9.17, 15) is 0 Å². The molecule has 0 spiro atoms. The first-order valence-electron chi connectivity index (χ1n) is 2.29. The van der Waals surface area contributed by atoms with Gasteiger partial charge in [-0.05, 0) is 0 Å². The van der Waals surface area contributed by atoms with Gasteiger partial charge in [-0.2, -0.15) is 35.6 Å². The summed E-state index contributed by atoms with van der Waals surface area (Å²) < 4.78 is 0. The Labute approximate surface area is 82.6 Å². The van der Waals surface area contributed by atoms with Crippen LogP contribution in [0, 0.1) is 17.4 Å². The largest absolute Gasteiger partial charge is 2.00 e. The SMILES string of the molecule is N#Cc1cc[c-]cc1.[Cl-].[Mg+2]. The molecule has 1 rings (SSSR count). The zero-order valence-electron chi connectivity index (χ0n) is 5.34. The summed E-state index contributed by atoms with van der Waals surface area (Å²) in [5.74, 6) is 0. The van der Waals surface area contributed by atoms with Crippen LogP contribution in [-0.2, 0) is 0 Å². The van der Waals surface area contributed by atoms with Crippen LogP contribution < -0.4 is 12.4 Å². The van der Waals surface area contributed by atoms with Crippen molar-refractivity contribution in [2.75, 3.05) is 0 Å². The van der Waals surface area contributed by atoms with Gasteiger partial charge in [-0.25, -0.2) is 0 Å². The van der Waals surface area contributed by atoms with Crippen LogP contribution in [0.15, 0.2) is 24.3 Å². The van der Waals surface area contributed by atoms with E-state index in [1.54, 1.807) is 24.3 Å². The van der Waals surface area contributed by atoms with E-state index in [2.05, 4.69) is 6.07 Å². The third-order valence-electron chi connectivity index (χ3n) is 0.847. The number of rotatable bonds is 0. The van der Waals surface area contributed by atoms with Gasteiger partial charge in [-0.3, -0.25) is 0 Å². The molecule has 0 aliphatic carbocycles. The molecule has 0 saturated heterocycles. The Balaban J connectivity index is 0. The van der Waals surface area contributed by atoms with E-state index >= 15 is 0 Å². The third-order valence-corrected chi connectivity index (χ3v) is 0.847. The van der Waals surface area contributed by atoms with Crippen molar-refractivity contribution in [2.45, 2.75) is 0 Å². The molecule has 0 saturated carbocycles. The van der Waals surface area contributed by atoms with Gasteiger partial charge in [0.1, 0.15) is 0 Å². The average molecular weight is 162 g/mol. The Morgan fingerprint density at radius 2 is 1.80 bits per heavy atom. The summed E-state index contributed by atoms with van der Waals surface area (Å²) in [4.78, 5) is 0. The molecule has 1 aromatic rings. The van der Waals surface area contributed by atoms with Crippen LogP contribution >= 0.6 is 0 Å². The maximum absolute atomic E-state index is 8.27. The molecular formula is C7H4ClMgN. The van der Waals surface area contributed by atoms with Crippen molar-refractivity contribution in [3.63, 3.8) is 0 Å². The van der Waals surface area contributed by atoms with E-state index in [1.807, 2.05) is 6.07 Å². The van der Waals surface area contributed by atoms with Crippen molar-refractivity contribution >= 4 is 23.1 Å². The van der Waals surface area contributed by atoms with Gasteiger partial charge in [0, 0.05) is 0 Å². The van der Waals surface area contributed by atoms with Gasteiger partial charge in [0.2, 0.25) is 0 Å². The molecule has 3 heteroatoms. The van der Waals surface area contributed by atoms with Crippen molar-refractivity contribution in [3.8, 4) is 6.07 Å². The van der Waals surface area contributed by atoms with E-state index < -0.39 is 0 Å². The fraction of sp³-hybridized carbons (Fsp3) is 0. The minimum absolute atomic E-state index is 0. The number of benzene rings is 1. The summed E-state index contributed by atoms with van der Waals surface area (Å²) in [6.07, 6.45) is 0. The monoisotopic (exact) mass is 161 g/mol. The summed E-state index contributed by atoms with van der Waals surface area (Å²) in [5, 5.41) is 8.27.